The minimum absolute atomic E-state index is 0.0916. The molecule has 2 fully saturated rings. The zero-order valence-electron chi connectivity index (χ0n) is 21.1. The number of amides is 3. The molecule has 1 aliphatic carbocycles. The number of carbonyl (C=O) groups excluding carboxylic acids is 3. The van der Waals surface area contributed by atoms with Crippen LogP contribution in [-0.4, -0.2) is 83.4 Å². The van der Waals surface area contributed by atoms with E-state index < -0.39 is 12.1 Å². The molecule has 1 aromatic rings. The number of thioether (sulfide) groups is 2. The van der Waals surface area contributed by atoms with Gasteiger partial charge in [-0.15, -0.1) is 16.7 Å². The lowest BCUT2D eigenvalue weighted by Gasteiger charge is -2.27. The van der Waals surface area contributed by atoms with Crippen LogP contribution in [0, 0.1) is 10.8 Å². The largest absolute Gasteiger partial charge is 0.350 e. The van der Waals surface area contributed by atoms with Crippen LogP contribution < -0.4 is 10.6 Å². The Hall–Kier alpha value is -2.11. The summed E-state index contributed by atoms with van der Waals surface area (Å²) >= 11 is 3.25. The third kappa shape index (κ3) is 8.77. The van der Waals surface area contributed by atoms with Gasteiger partial charge in [-0.05, 0) is 61.5 Å². The van der Waals surface area contributed by atoms with E-state index in [0.29, 0.717) is 29.0 Å². The van der Waals surface area contributed by atoms with Crippen molar-refractivity contribution in [1.29, 1.82) is 0 Å². The predicted molar refractivity (Wildman–Crippen MR) is 146 cm³/mol. The average molecular weight is 536 g/mol. The molecule has 0 radical (unpaired) electrons. The van der Waals surface area contributed by atoms with Gasteiger partial charge in [-0.1, -0.05) is 31.4 Å². The second kappa shape index (κ2) is 14.6. The monoisotopic (exact) mass is 535 g/mol. The molecule has 198 valence electrons. The van der Waals surface area contributed by atoms with Crippen LogP contribution in [0.15, 0.2) is 29.4 Å². The zero-order chi connectivity index (χ0) is 25.9. The van der Waals surface area contributed by atoms with E-state index in [0.717, 1.165) is 11.3 Å². The maximum atomic E-state index is 13.2. The quantitative estimate of drug-likeness (QED) is 0.396. The highest BCUT2D eigenvalue weighted by Gasteiger charge is 2.36. The minimum Gasteiger partial charge on any atom is -0.350 e. The highest BCUT2D eigenvalue weighted by molar-refractivity contribution is 7.99. The van der Waals surface area contributed by atoms with Crippen LogP contribution in [0.1, 0.15) is 37.7 Å². The van der Waals surface area contributed by atoms with Gasteiger partial charge in [0.2, 0.25) is 17.7 Å². The van der Waals surface area contributed by atoms with Gasteiger partial charge in [0, 0.05) is 18.1 Å². The summed E-state index contributed by atoms with van der Waals surface area (Å²) in [6, 6.07) is 5.41. The first kappa shape index (κ1) is 28.5. The summed E-state index contributed by atoms with van der Waals surface area (Å²) in [7, 11) is 3.65. The minimum atomic E-state index is -0.696. The van der Waals surface area contributed by atoms with Gasteiger partial charge < -0.3 is 20.4 Å². The molecule has 1 aromatic carbocycles. The number of rotatable bonds is 12. The Morgan fingerprint density at radius 3 is 2.56 bits per heavy atom. The van der Waals surface area contributed by atoms with E-state index in [1.807, 2.05) is 14.1 Å². The van der Waals surface area contributed by atoms with Crippen LogP contribution in [0.25, 0.3) is 0 Å². The molecule has 1 heterocycles. The Bertz CT molecular complexity index is 893. The molecule has 3 rings (SSSR count). The van der Waals surface area contributed by atoms with Crippen LogP contribution in [0.2, 0.25) is 0 Å². The second-order valence-electron chi connectivity index (χ2n) is 9.70. The van der Waals surface area contributed by atoms with Gasteiger partial charge in [0.25, 0.3) is 0 Å². The maximum absolute atomic E-state index is 13.2. The van der Waals surface area contributed by atoms with Crippen molar-refractivity contribution in [2.45, 2.75) is 50.7 Å². The Labute approximate surface area is 221 Å². The molecule has 9 nitrogen and oxygen atoms in total. The van der Waals surface area contributed by atoms with Crippen molar-refractivity contribution in [2.24, 2.45) is 11.1 Å². The fourth-order valence-electron chi connectivity index (χ4n) is 4.41. The molecule has 36 heavy (non-hydrogen) atoms. The molecule has 0 unspecified atom stereocenters. The molecule has 1 saturated heterocycles. The molecule has 0 aromatic heterocycles. The number of carbonyl (C=O) groups is 3. The molecule has 0 spiro atoms. The second-order valence-corrected chi connectivity index (χ2v) is 11.8. The first-order chi connectivity index (χ1) is 17.4. The van der Waals surface area contributed by atoms with Crippen LogP contribution >= 0.6 is 23.5 Å². The van der Waals surface area contributed by atoms with E-state index in [4.69, 9.17) is 0 Å². The number of nitroso groups, excluding NO2 is 1. The fourth-order valence-corrected chi connectivity index (χ4v) is 6.87. The van der Waals surface area contributed by atoms with Gasteiger partial charge in [0.05, 0.1) is 12.4 Å². The first-order valence-electron chi connectivity index (χ1n) is 12.5. The van der Waals surface area contributed by atoms with Crippen molar-refractivity contribution in [3.63, 3.8) is 0 Å². The normalized spacial score (nSPS) is 19.2. The lowest BCUT2D eigenvalue weighted by Crippen LogP contribution is -2.55. The Kier molecular flexibility index (Phi) is 11.5. The smallest absolute Gasteiger partial charge is 0.244 e. The SMILES string of the molecule is CN(C)CC(=O)N1CSC[C@H]1C(=O)N[C@@H](CSCC1CCCCC1)C(=O)NCc1ccc(N=O)cc1. The van der Waals surface area contributed by atoms with Gasteiger partial charge >= 0.3 is 0 Å². The van der Waals surface area contributed by atoms with Crippen molar-refractivity contribution in [3.05, 3.63) is 34.7 Å². The summed E-state index contributed by atoms with van der Waals surface area (Å²) in [5.74, 6) is 2.49. The van der Waals surface area contributed by atoms with Crippen molar-refractivity contribution in [2.75, 3.05) is 43.8 Å². The van der Waals surface area contributed by atoms with Crippen molar-refractivity contribution >= 4 is 46.9 Å². The lowest BCUT2D eigenvalue weighted by molar-refractivity contribution is -0.139. The Morgan fingerprint density at radius 2 is 1.89 bits per heavy atom. The number of benzene rings is 1. The van der Waals surface area contributed by atoms with E-state index in [1.54, 1.807) is 57.6 Å². The standard InChI is InChI=1S/C25H37N5O4S2/c1-29(2)13-23(31)30-17-36-16-22(30)25(33)27-21(15-35-14-19-6-4-3-5-7-19)24(32)26-12-18-8-10-20(28-34)11-9-18/h8-11,19,21-22H,3-7,12-17H2,1-2H3,(H,26,32)(H,27,33)/t21-,22-/m0/s1. The van der Waals surface area contributed by atoms with E-state index in [2.05, 4.69) is 15.8 Å². The third-order valence-electron chi connectivity index (χ3n) is 6.46. The fraction of sp³-hybridized carbons (Fsp3) is 0.640. The molecular formula is C25H37N5O4S2. The average Bonchev–Trinajstić information content (AvgIpc) is 3.38. The van der Waals surface area contributed by atoms with Gasteiger partial charge in [-0.3, -0.25) is 14.4 Å². The van der Waals surface area contributed by atoms with Gasteiger partial charge in [0.1, 0.15) is 17.8 Å². The van der Waals surface area contributed by atoms with Crippen LogP contribution in [0.4, 0.5) is 5.69 Å². The van der Waals surface area contributed by atoms with Crippen LogP contribution in [0.5, 0.6) is 0 Å². The van der Waals surface area contributed by atoms with Gasteiger partial charge in [0.15, 0.2) is 0 Å². The number of nitrogens with zero attached hydrogens (tertiary/aromatic N) is 3. The van der Waals surface area contributed by atoms with Crippen molar-refractivity contribution in [3.8, 4) is 0 Å². The summed E-state index contributed by atoms with van der Waals surface area (Å²) in [5.41, 5.74) is 1.17. The van der Waals surface area contributed by atoms with E-state index in [1.165, 1.54) is 32.1 Å². The predicted octanol–water partition coefficient (Wildman–Crippen LogP) is 2.96. The molecule has 2 N–H and O–H groups in total. The molecule has 2 atom stereocenters. The number of likely N-dealkylation sites (N-methyl/N-ethyl adjacent to an activating group) is 1. The molecular weight excluding hydrogens is 498 g/mol. The van der Waals surface area contributed by atoms with E-state index >= 15 is 0 Å². The van der Waals surface area contributed by atoms with Crippen molar-refractivity contribution < 1.29 is 14.4 Å². The lowest BCUT2D eigenvalue weighted by atomic mass is 9.91. The molecule has 11 heteroatoms. The highest BCUT2D eigenvalue weighted by atomic mass is 32.2. The number of hydrogen-bond acceptors (Lipinski definition) is 8. The van der Waals surface area contributed by atoms with Crippen LogP contribution in [0.3, 0.4) is 0 Å². The van der Waals surface area contributed by atoms with E-state index in [-0.39, 0.29) is 30.8 Å². The Morgan fingerprint density at radius 1 is 1.17 bits per heavy atom. The molecule has 3 amide bonds. The summed E-state index contributed by atoms with van der Waals surface area (Å²) in [6.45, 7) is 0.522. The topological polar surface area (TPSA) is 111 Å². The third-order valence-corrected chi connectivity index (χ3v) is 8.75. The van der Waals surface area contributed by atoms with Gasteiger partial charge in [-0.2, -0.15) is 11.8 Å². The van der Waals surface area contributed by atoms with E-state index in [9.17, 15) is 19.3 Å². The number of hydrogen-bond donors (Lipinski definition) is 2. The summed E-state index contributed by atoms with van der Waals surface area (Å²) in [6.07, 6.45) is 6.28. The van der Waals surface area contributed by atoms with Gasteiger partial charge in [-0.25, -0.2) is 0 Å². The van der Waals surface area contributed by atoms with Crippen molar-refractivity contribution in [1.82, 2.24) is 20.4 Å². The highest BCUT2D eigenvalue weighted by Crippen LogP contribution is 2.27. The summed E-state index contributed by atoms with van der Waals surface area (Å²) < 4.78 is 0. The maximum Gasteiger partial charge on any atom is 0.244 e. The zero-order valence-corrected chi connectivity index (χ0v) is 22.7. The summed E-state index contributed by atoms with van der Waals surface area (Å²) in [4.78, 5) is 53.0. The molecule has 1 saturated carbocycles. The summed E-state index contributed by atoms with van der Waals surface area (Å²) in [5, 5.41) is 8.74. The molecule has 1 aliphatic heterocycles. The molecule has 0 bridgehead atoms. The Balaban J connectivity index is 1.60. The number of nitrogens with one attached hydrogen (secondary N) is 2. The first-order valence-corrected chi connectivity index (χ1v) is 14.8. The van der Waals surface area contributed by atoms with Crippen LogP contribution in [-0.2, 0) is 20.9 Å². The molecule has 2 aliphatic rings.